The van der Waals surface area contributed by atoms with E-state index in [0.29, 0.717) is 32.2 Å². The molecule has 1 amide bonds. The van der Waals surface area contributed by atoms with Crippen LogP contribution < -0.4 is 11.1 Å². The van der Waals surface area contributed by atoms with Crippen molar-refractivity contribution in [1.82, 2.24) is 5.32 Å². The van der Waals surface area contributed by atoms with Crippen molar-refractivity contribution in [3.8, 4) is 0 Å². The predicted molar refractivity (Wildman–Crippen MR) is 253 cm³/mol. The van der Waals surface area contributed by atoms with Gasteiger partial charge in [0.05, 0.1) is 0 Å². The smallest absolute Gasteiger partial charge is 0.326 e. The molecule has 2 unspecified atom stereocenters. The first-order chi connectivity index (χ1) is 28.9. The summed E-state index contributed by atoms with van der Waals surface area (Å²) in [5.74, 6) is -1.23. The van der Waals surface area contributed by atoms with Gasteiger partial charge in [0.25, 0.3) is 0 Å². The van der Waals surface area contributed by atoms with Crippen molar-refractivity contribution in [3.63, 3.8) is 0 Å². The Kier molecular flexibility index (Phi) is 45.7. The fraction of sp³-hybridized carbons (Fsp3) is 0.904. The number of esters is 1. The number of aliphatic carboxylic acids is 1. The molecule has 0 fully saturated rings. The van der Waals surface area contributed by atoms with Crippen LogP contribution in [0.1, 0.15) is 284 Å². The SMILES string of the molecule is CCCCCCCCCC/C=C\CCCC(CCCCCCCC(=O)NC(CCCN)C(=O)O)OC(=O)CCCCCCCCCCCCCCCCCCCCCC. The highest BCUT2D eigenvalue weighted by Crippen LogP contribution is 2.19. The van der Waals surface area contributed by atoms with E-state index in [1.54, 1.807) is 0 Å². The zero-order valence-electron chi connectivity index (χ0n) is 39.4. The molecule has 348 valence electrons. The molecule has 59 heavy (non-hydrogen) atoms. The van der Waals surface area contributed by atoms with Crippen LogP contribution in [0.2, 0.25) is 0 Å². The van der Waals surface area contributed by atoms with Crippen LogP contribution in [-0.4, -0.2) is 41.6 Å². The van der Waals surface area contributed by atoms with E-state index in [1.807, 2.05) is 0 Å². The lowest BCUT2D eigenvalue weighted by Crippen LogP contribution is -2.40. The number of carbonyl (C=O) groups is 3. The number of carboxylic acid groups (broad SMARTS) is 1. The van der Waals surface area contributed by atoms with E-state index in [-0.39, 0.29) is 18.0 Å². The number of ether oxygens (including phenoxy) is 1. The highest BCUT2D eigenvalue weighted by Gasteiger charge is 2.19. The molecule has 0 rings (SSSR count). The molecule has 7 nitrogen and oxygen atoms in total. The summed E-state index contributed by atoms with van der Waals surface area (Å²) in [4.78, 5) is 36.5. The molecule has 0 aromatic rings. The fourth-order valence-electron chi connectivity index (χ4n) is 8.16. The average Bonchev–Trinajstić information content (AvgIpc) is 3.22. The molecule has 2 atom stereocenters. The Morgan fingerprint density at radius 1 is 0.475 bits per heavy atom. The highest BCUT2D eigenvalue weighted by atomic mass is 16.5. The zero-order valence-corrected chi connectivity index (χ0v) is 39.4. The van der Waals surface area contributed by atoms with Gasteiger partial charge in [0.1, 0.15) is 12.1 Å². The first-order valence-electron chi connectivity index (χ1n) is 26.0. The average molecular weight is 833 g/mol. The van der Waals surface area contributed by atoms with Gasteiger partial charge in [-0.3, -0.25) is 9.59 Å². The minimum absolute atomic E-state index is 0.0130. The van der Waals surface area contributed by atoms with Gasteiger partial charge in [-0.2, -0.15) is 0 Å². The maximum atomic E-state index is 12.9. The minimum Gasteiger partial charge on any atom is -0.480 e. The fourth-order valence-corrected chi connectivity index (χ4v) is 8.16. The second kappa shape index (κ2) is 47.2. The van der Waals surface area contributed by atoms with Crippen LogP contribution in [0.15, 0.2) is 12.2 Å². The van der Waals surface area contributed by atoms with E-state index in [0.717, 1.165) is 70.6 Å². The normalized spacial score (nSPS) is 12.6. The van der Waals surface area contributed by atoms with E-state index in [9.17, 15) is 19.5 Å². The molecular weight excluding hydrogens is 733 g/mol. The van der Waals surface area contributed by atoms with Crippen LogP contribution in [0.3, 0.4) is 0 Å². The van der Waals surface area contributed by atoms with Crippen molar-refractivity contribution in [2.24, 2.45) is 5.73 Å². The van der Waals surface area contributed by atoms with E-state index >= 15 is 0 Å². The number of hydrogen-bond acceptors (Lipinski definition) is 5. The predicted octanol–water partition coefficient (Wildman–Crippen LogP) is 15.4. The van der Waals surface area contributed by atoms with Crippen LogP contribution in [-0.2, 0) is 19.1 Å². The number of nitrogens with one attached hydrogen (secondary N) is 1. The van der Waals surface area contributed by atoms with Gasteiger partial charge in [0, 0.05) is 12.8 Å². The molecule has 4 N–H and O–H groups in total. The summed E-state index contributed by atoms with van der Waals surface area (Å²) < 4.78 is 6.07. The molecule has 0 aromatic carbocycles. The van der Waals surface area contributed by atoms with E-state index in [1.165, 1.54) is 173 Å². The molecule has 0 aliphatic rings. The van der Waals surface area contributed by atoms with Crippen molar-refractivity contribution < 1.29 is 24.2 Å². The monoisotopic (exact) mass is 833 g/mol. The lowest BCUT2D eigenvalue weighted by Gasteiger charge is -2.18. The maximum absolute atomic E-state index is 12.9. The topological polar surface area (TPSA) is 119 Å². The highest BCUT2D eigenvalue weighted by molar-refractivity contribution is 5.83. The Morgan fingerprint density at radius 3 is 1.29 bits per heavy atom. The molecule has 0 heterocycles. The van der Waals surface area contributed by atoms with Gasteiger partial charge in [0.15, 0.2) is 0 Å². The third-order valence-electron chi connectivity index (χ3n) is 12.1. The second-order valence-corrected chi connectivity index (χ2v) is 17.9. The number of hydrogen-bond donors (Lipinski definition) is 3. The number of rotatable bonds is 48. The minimum atomic E-state index is -1.00. The summed E-state index contributed by atoms with van der Waals surface area (Å²) in [6, 6.07) is -0.857. The van der Waals surface area contributed by atoms with Gasteiger partial charge in [-0.05, 0) is 77.2 Å². The summed E-state index contributed by atoms with van der Waals surface area (Å²) in [6.45, 7) is 4.97. The Hall–Kier alpha value is -1.89. The van der Waals surface area contributed by atoms with Crippen molar-refractivity contribution in [2.45, 2.75) is 296 Å². The quantitative estimate of drug-likeness (QED) is 0.0319. The third-order valence-corrected chi connectivity index (χ3v) is 12.1. The molecule has 0 saturated carbocycles. The summed E-state index contributed by atoms with van der Waals surface area (Å²) in [7, 11) is 0. The van der Waals surface area contributed by atoms with Crippen molar-refractivity contribution in [2.75, 3.05) is 6.54 Å². The van der Waals surface area contributed by atoms with Crippen LogP contribution in [0.25, 0.3) is 0 Å². The number of nitrogens with two attached hydrogens (primary N) is 1. The summed E-state index contributed by atoms with van der Waals surface area (Å²) in [5, 5.41) is 12.0. The van der Waals surface area contributed by atoms with E-state index < -0.39 is 12.0 Å². The van der Waals surface area contributed by atoms with Crippen LogP contribution in [0.5, 0.6) is 0 Å². The van der Waals surface area contributed by atoms with Gasteiger partial charge in [-0.15, -0.1) is 0 Å². The number of allylic oxidation sites excluding steroid dienone is 2. The summed E-state index contributed by atoms with van der Waals surface area (Å²) >= 11 is 0. The maximum Gasteiger partial charge on any atom is 0.326 e. The molecule has 0 aliphatic heterocycles. The standard InChI is InChI=1S/C52H100N2O5/c1-3-5-7-9-11-13-15-17-18-19-20-21-22-23-25-27-29-31-36-40-46-51(56)59-48(42-37-33-30-28-26-24-16-14-12-10-8-6-4-2)43-38-34-32-35-39-45-50(55)54-49(52(57)58)44-41-47-53/h28,30,48-49H,3-27,29,31-47,53H2,1-2H3,(H,54,55)(H,57,58)/b30-28-. The van der Waals surface area contributed by atoms with Gasteiger partial charge in [0.2, 0.25) is 5.91 Å². The summed E-state index contributed by atoms with van der Waals surface area (Å²) in [5.41, 5.74) is 5.50. The molecule has 0 radical (unpaired) electrons. The molecule has 0 aromatic heterocycles. The van der Waals surface area contributed by atoms with Gasteiger partial charge in [-0.1, -0.05) is 212 Å². The lowest BCUT2D eigenvalue weighted by molar-refractivity contribution is -0.150. The number of unbranched alkanes of at least 4 members (excludes halogenated alkanes) is 32. The van der Waals surface area contributed by atoms with E-state index in [4.69, 9.17) is 10.5 Å². The number of carbonyl (C=O) groups excluding carboxylic acids is 2. The Balaban J connectivity index is 4.22. The molecule has 0 aliphatic carbocycles. The first-order valence-corrected chi connectivity index (χ1v) is 26.0. The first kappa shape index (κ1) is 57.1. The van der Waals surface area contributed by atoms with E-state index in [2.05, 4.69) is 31.3 Å². The van der Waals surface area contributed by atoms with Gasteiger partial charge in [-0.25, -0.2) is 4.79 Å². The van der Waals surface area contributed by atoms with Crippen molar-refractivity contribution >= 4 is 17.8 Å². The van der Waals surface area contributed by atoms with Crippen molar-refractivity contribution in [3.05, 3.63) is 12.2 Å². The van der Waals surface area contributed by atoms with Gasteiger partial charge < -0.3 is 20.9 Å². The van der Waals surface area contributed by atoms with Crippen LogP contribution in [0, 0.1) is 0 Å². The molecule has 7 heteroatoms. The molecule has 0 saturated heterocycles. The largest absolute Gasteiger partial charge is 0.480 e. The third kappa shape index (κ3) is 44.0. The number of carboxylic acids is 1. The van der Waals surface area contributed by atoms with Crippen molar-refractivity contribution in [1.29, 1.82) is 0 Å². The Bertz CT molecular complexity index is 940. The summed E-state index contributed by atoms with van der Waals surface area (Å²) in [6.07, 6.45) is 54.2. The second-order valence-electron chi connectivity index (χ2n) is 17.9. The van der Waals surface area contributed by atoms with Crippen LogP contribution in [0.4, 0.5) is 0 Å². The molecule has 0 bridgehead atoms. The molecule has 0 spiro atoms. The zero-order chi connectivity index (χ0) is 43.1. The Labute approximate surface area is 366 Å². The lowest BCUT2D eigenvalue weighted by atomic mass is 10.0. The molecular formula is C52H100N2O5. The number of amides is 1. The van der Waals surface area contributed by atoms with Crippen LogP contribution >= 0.6 is 0 Å². The Morgan fingerprint density at radius 2 is 0.847 bits per heavy atom. The van der Waals surface area contributed by atoms with Gasteiger partial charge >= 0.3 is 11.9 Å².